The summed E-state index contributed by atoms with van der Waals surface area (Å²) in [6, 6.07) is 2.85. The number of pyridine rings is 1. The molecule has 1 aliphatic rings. The van der Waals surface area contributed by atoms with Crippen LogP contribution in [0.4, 0.5) is 5.69 Å². The molecular weight excluding hydrogens is 182 g/mol. The minimum Gasteiger partial charge on any atom is -0.320 e. The summed E-state index contributed by atoms with van der Waals surface area (Å²) < 4.78 is 0. The zero-order valence-corrected chi connectivity index (χ0v) is 7.64. The number of nitro groups is 1. The molecular formula is C9H11N3O2. The molecule has 0 bridgehead atoms. The Hall–Kier alpha value is -1.49. The highest BCUT2D eigenvalue weighted by Gasteiger charge is 2.36. The first-order chi connectivity index (χ1) is 6.62. The Labute approximate surface area is 81.1 Å². The van der Waals surface area contributed by atoms with Gasteiger partial charge in [-0.3, -0.25) is 15.1 Å². The van der Waals surface area contributed by atoms with Crippen LogP contribution in [0, 0.1) is 10.1 Å². The van der Waals surface area contributed by atoms with Crippen molar-refractivity contribution in [1.29, 1.82) is 0 Å². The molecule has 1 fully saturated rings. The van der Waals surface area contributed by atoms with Gasteiger partial charge in [-0.1, -0.05) is 0 Å². The van der Waals surface area contributed by atoms with Crippen LogP contribution in [0.25, 0.3) is 0 Å². The predicted octanol–water partition coefficient (Wildman–Crippen LogP) is 1.33. The van der Waals surface area contributed by atoms with E-state index in [9.17, 15) is 10.1 Å². The van der Waals surface area contributed by atoms with Gasteiger partial charge >= 0.3 is 0 Å². The van der Waals surface area contributed by atoms with Crippen LogP contribution < -0.4 is 5.73 Å². The maximum atomic E-state index is 10.5. The molecule has 2 rings (SSSR count). The summed E-state index contributed by atoms with van der Waals surface area (Å²) in [7, 11) is 0. The van der Waals surface area contributed by atoms with Crippen LogP contribution in [0.1, 0.15) is 25.0 Å². The SMILES string of the molecule is NC1(c2cc([N+](=O)[O-])ccn2)CCC1. The lowest BCUT2D eigenvalue weighted by Crippen LogP contribution is -2.44. The van der Waals surface area contributed by atoms with E-state index in [1.54, 1.807) is 0 Å². The number of rotatable bonds is 2. The average molecular weight is 193 g/mol. The van der Waals surface area contributed by atoms with Gasteiger partial charge in [-0.2, -0.15) is 0 Å². The van der Waals surface area contributed by atoms with Gasteiger partial charge in [0.1, 0.15) is 0 Å². The van der Waals surface area contributed by atoms with E-state index in [0.29, 0.717) is 5.69 Å². The van der Waals surface area contributed by atoms with Crippen molar-refractivity contribution in [1.82, 2.24) is 4.98 Å². The quantitative estimate of drug-likeness (QED) is 0.567. The van der Waals surface area contributed by atoms with E-state index in [2.05, 4.69) is 4.98 Å². The highest BCUT2D eigenvalue weighted by molar-refractivity contribution is 5.33. The van der Waals surface area contributed by atoms with E-state index in [1.807, 2.05) is 0 Å². The van der Waals surface area contributed by atoms with Crippen molar-refractivity contribution < 1.29 is 4.92 Å². The standard InChI is InChI=1S/C9H11N3O2/c10-9(3-1-4-9)8-6-7(12(13)14)2-5-11-8/h2,5-6H,1,3-4,10H2. The lowest BCUT2D eigenvalue weighted by molar-refractivity contribution is -0.385. The molecule has 0 spiro atoms. The van der Waals surface area contributed by atoms with Gasteiger partial charge in [-0.05, 0) is 19.3 Å². The third-order valence-corrected chi connectivity index (χ3v) is 2.71. The average Bonchev–Trinajstić information content (AvgIpc) is 2.14. The van der Waals surface area contributed by atoms with E-state index < -0.39 is 10.5 Å². The van der Waals surface area contributed by atoms with Gasteiger partial charge < -0.3 is 5.73 Å². The molecule has 1 aromatic heterocycles. The van der Waals surface area contributed by atoms with Crippen molar-refractivity contribution in [2.45, 2.75) is 24.8 Å². The van der Waals surface area contributed by atoms with Crippen LogP contribution in [0.5, 0.6) is 0 Å². The zero-order valence-electron chi connectivity index (χ0n) is 7.64. The molecule has 0 aromatic carbocycles. The molecule has 0 saturated heterocycles. The molecule has 5 nitrogen and oxygen atoms in total. The first kappa shape index (κ1) is 9.08. The summed E-state index contributed by atoms with van der Waals surface area (Å²) in [6.45, 7) is 0. The number of hydrogen-bond donors (Lipinski definition) is 1. The second-order valence-electron chi connectivity index (χ2n) is 3.67. The number of nitrogens with two attached hydrogens (primary N) is 1. The fourth-order valence-corrected chi connectivity index (χ4v) is 1.62. The molecule has 1 aliphatic carbocycles. The van der Waals surface area contributed by atoms with Crippen LogP contribution in [0.15, 0.2) is 18.3 Å². The predicted molar refractivity (Wildman–Crippen MR) is 50.6 cm³/mol. The molecule has 14 heavy (non-hydrogen) atoms. The summed E-state index contributed by atoms with van der Waals surface area (Å²) in [5, 5.41) is 10.5. The van der Waals surface area contributed by atoms with Gasteiger partial charge in [0.25, 0.3) is 5.69 Å². The molecule has 2 N–H and O–H groups in total. The number of nitrogens with zero attached hydrogens (tertiary/aromatic N) is 2. The molecule has 0 unspecified atom stereocenters. The summed E-state index contributed by atoms with van der Waals surface area (Å²) in [5.41, 5.74) is 6.28. The maximum absolute atomic E-state index is 10.5. The largest absolute Gasteiger partial charge is 0.320 e. The Morgan fingerprint density at radius 3 is 2.79 bits per heavy atom. The second-order valence-corrected chi connectivity index (χ2v) is 3.67. The summed E-state index contributed by atoms with van der Waals surface area (Å²) in [4.78, 5) is 14.2. The minimum absolute atomic E-state index is 0.0618. The molecule has 74 valence electrons. The minimum atomic E-state index is -0.425. The van der Waals surface area contributed by atoms with Gasteiger partial charge in [0.05, 0.1) is 16.2 Å². The monoisotopic (exact) mass is 193 g/mol. The highest BCUT2D eigenvalue weighted by atomic mass is 16.6. The van der Waals surface area contributed by atoms with Crippen molar-refractivity contribution in [3.8, 4) is 0 Å². The van der Waals surface area contributed by atoms with Crippen molar-refractivity contribution in [3.05, 3.63) is 34.1 Å². The highest BCUT2D eigenvalue weighted by Crippen LogP contribution is 2.38. The molecule has 1 saturated carbocycles. The van der Waals surface area contributed by atoms with Crippen LogP contribution in [0.3, 0.4) is 0 Å². The first-order valence-corrected chi connectivity index (χ1v) is 4.52. The summed E-state index contributed by atoms with van der Waals surface area (Å²) in [6.07, 6.45) is 4.24. The topological polar surface area (TPSA) is 82.0 Å². The van der Waals surface area contributed by atoms with Gasteiger partial charge in [0.2, 0.25) is 0 Å². The third kappa shape index (κ3) is 1.35. The van der Waals surface area contributed by atoms with E-state index in [0.717, 1.165) is 19.3 Å². The van der Waals surface area contributed by atoms with E-state index in [1.165, 1.54) is 18.3 Å². The van der Waals surface area contributed by atoms with Gasteiger partial charge in [-0.15, -0.1) is 0 Å². The van der Waals surface area contributed by atoms with Crippen molar-refractivity contribution in [3.63, 3.8) is 0 Å². The molecule has 0 amide bonds. The van der Waals surface area contributed by atoms with Crippen LogP contribution in [-0.4, -0.2) is 9.91 Å². The van der Waals surface area contributed by atoms with Gasteiger partial charge in [0, 0.05) is 18.3 Å². The fourth-order valence-electron chi connectivity index (χ4n) is 1.62. The lowest BCUT2D eigenvalue weighted by atomic mass is 9.75. The number of aromatic nitrogens is 1. The van der Waals surface area contributed by atoms with Gasteiger partial charge in [-0.25, -0.2) is 0 Å². The summed E-state index contributed by atoms with van der Waals surface area (Å²) in [5.74, 6) is 0. The zero-order chi connectivity index (χ0) is 10.2. The van der Waals surface area contributed by atoms with E-state index >= 15 is 0 Å². The molecule has 0 aliphatic heterocycles. The Bertz CT molecular complexity index is 374. The fraction of sp³-hybridized carbons (Fsp3) is 0.444. The number of hydrogen-bond acceptors (Lipinski definition) is 4. The van der Waals surface area contributed by atoms with E-state index in [-0.39, 0.29) is 5.69 Å². The maximum Gasteiger partial charge on any atom is 0.272 e. The Morgan fingerprint density at radius 1 is 1.57 bits per heavy atom. The van der Waals surface area contributed by atoms with Crippen molar-refractivity contribution in [2.24, 2.45) is 5.73 Å². The smallest absolute Gasteiger partial charge is 0.272 e. The first-order valence-electron chi connectivity index (χ1n) is 4.52. The molecule has 1 heterocycles. The second kappa shape index (κ2) is 3.02. The van der Waals surface area contributed by atoms with Crippen molar-refractivity contribution in [2.75, 3.05) is 0 Å². The van der Waals surface area contributed by atoms with E-state index in [4.69, 9.17) is 5.73 Å². The lowest BCUT2D eigenvalue weighted by Gasteiger charge is -2.37. The Balaban J connectivity index is 2.35. The van der Waals surface area contributed by atoms with Gasteiger partial charge in [0.15, 0.2) is 0 Å². The molecule has 0 radical (unpaired) electrons. The van der Waals surface area contributed by atoms with Crippen LogP contribution in [-0.2, 0) is 5.54 Å². The third-order valence-electron chi connectivity index (χ3n) is 2.71. The Morgan fingerprint density at radius 2 is 2.29 bits per heavy atom. The molecule has 1 aromatic rings. The normalized spacial score (nSPS) is 18.6. The molecule has 0 atom stereocenters. The molecule has 5 heteroatoms. The van der Waals surface area contributed by atoms with Crippen molar-refractivity contribution >= 4 is 5.69 Å². The van der Waals surface area contributed by atoms with Crippen LogP contribution in [0.2, 0.25) is 0 Å². The van der Waals surface area contributed by atoms with Crippen LogP contribution >= 0.6 is 0 Å². The summed E-state index contributed by atoms with van der Waals surface area (Å²) >= 11 is 0. The Kier molecular flexibility index (Phi) is 1.96.